The second-order valence-corrected chi connectivity index (χ2v) is 6.83. The van der Waals surface area contributed by atoms with Gasteiger partial charge in [-0.05, 0) is 60.1 Å². The van der Waals surface area contributed by atoms with Crippen LogP contribution in [-0.4, -0.2) is 15.1 Å². The Labute approximate surface area is 158 Å². The predicted octanol–water partition coefficient (Wildman–Crippen LogP) is 5.35. The van der Waals surface area contributed by atoms with E-state index in [0.717, 1.165) is 37.5 Å². The van der Waals surface area contributed by atoms with E-state index in [1.807, 2.05) is 48.7 Å². The number of nitrogens with zero attached hydrogens (tertiary/aromatic N) is 2. The molecule has 4 aromatic rings. The summed E-state index contributed by atoms with van der Waals surface area (Å²) < 4.78 is 0.994. The van der Waals surface area contributed by atoms with E-state index >= 15 is 0 Å². The van der Waals surface area contributed by atoms with Crippen molar-refractivity contribution in [3.8, 4) is 0 Å². The maximum absolute atomic E-state index is 5.48. The first-order valence-electron chi connectivity index (χ1n) is 7.66. The zero-order valence-corrected chi connectivity index (χ0v) is 15.4. The number of halogens is 1. The van der Waals surface area contributed by atoms with E-state index in [1.54, 1.807) is 12.4 Å². The third kappa shape index (κ3) is 3.31. The van der Waals surface area contributed by atoms with Crippen LogP contribution in [0.2, 0.25) is 0 Å². The van der Waals surface area contributed by atoms with Crippen LogP contribution in [0.3, 0.4) is 0 Å². The van der Waals surface area contributed by atoms with Crippen molar-refractivity contribution in [3.63, 3.8) is 0 Å². The quantitative estimate of drug-likeness (QED) is 0.345. The van der Waals surface area contributed by atoms with Crippen molar-refractivity contribution in [2.24, 2.45) is 0 Å². The fourth-order valence-electron chi connectivity index (χ4n) is 2.75. The molecule has 0 amide bonds. The van der Waals surface area contributed by atoms with Crippen molar-refractivity contribution in [2.75, 3.05) is 10.6 Å². The van der Waals surface area contributed by atoms with Gasteiger partial charge in [0.05, 0.1) is 11.2 Å². The largest absolute Gasteiger partial charge is 0.332 e. The number of aromatic nitrogens is 2. The molecule has 4 rings (SSSR count). The number of rotatable bonds is 2. The standard InChI is InChI=1S/C19H13BrN4S/c20-13-3-1-4-14(10-13)23-19(25)24-17-9-12-6-8-21-11-16(12)18-15(17)5-2-7-22-18/h1-11H,(H2,23,24,25). The Morgan fingerprint density at radius 1 is 0.960 bits per heavy atom. The summed E-state index contributed by atoms with van der Waals surface area (Å²) in [6.45, 7) is 0. The molecule has 0 radical (unpaired) electrons. The lowest BCUT2D eigenvalue weighted by molar-refractivity contribution is 1.36. The average molecular weight is 409 g/mol. The molecule has 6 heteroatoms. The molecule has 122 valence electrons. The van der Waals surface area contributed by atoms with Gasteiger partial charge in [0, 0.05) is 39.5 Å². The molecular weight excluding hydrogens is 396 g/mol. The summed E-state index contributed by atoms with van der Waals surface area (Å²) in [6, 6.07) is 15.8. The van der Waals surface area contributed by atoms with Gasteiger partial charge in [0.2, 0.25) is 0 Å². The van der Waals surface area contributed by atoms with Gasteiger partial charge in [0.25, 0.3) is 0 Å². The van der Waals surface area contributed by atoms with Crippen molar-refractivity contribution in [1.29, 1.82) is 0 Å². The molecule has 2 heterocycles. The molecule has 0 unspecified atom stereocenters. The highest BCUT2D eigenvalue weighted by Crippen LogP contribution is 2.30. The number of thiocarbonyl (C=S) groups is 1. The van der Waals surface area contributed by atoms with Gasteiger partial charge in [-0.3, -0.25) is 9.97 Å². The SMILES string of the molecule is S=C(Nc1cccc(Br)c1)Nc1cc2ccncc2c2ncccc12. The molecule has 0 saturated heterocycles. The van der Waals surface area contributed by atoms with Gasteiger partial charge in [-0.2, -0.15) is 0 Å². The normalized spacial score (nSPS) is 10.8. The highest BCUT2D eigenvalue weighted by Gasteiger charge is 2.09. The first kappa shape index (κ1) is 15.9. The minimum atomic E-state index is 0.525. The summed E-state index contributed by atoms with van der Waals surface area (Å²) in [5.74, 6) is 0. The van der Waals surface area contributed by atoms with Crippen LogP contribution in [0.15, 0.2) is 71.6 Å². The third-order valence-electron chi connectivity index (χ3n) is 3.84. The van der Waals surface area contributed by atoms with Crippen LogP contribution in [-0.2, 0) is 0 Å². The number of hydrogen-bond donors (Lipinski definition) is 2. The summed E-state index contributed by atoms with van der Waals surface area (Å²) in [6.07, 6.45) is 5.40. The zero-order valence-electron chi connectivity index (χ0n) is 13.0. The molecule has 0 aliphatic carbocycles. The Morgan fingerprint density at radius 3 is 2.76 bits per heavy atom. The van der Waals surface area contributed by atoms with E-state index in [4.69, 9.17) is 12.2 Å². The Morgan fingerprint density at radius 2 is 1.88 bits per heavy atom. The monoisotopic (exact) mass is 408 g/mol. The molecule has 0 atom stereocenters. The summed E-state index contributed by atoms with van der Waals surface area (Å²) in [4.78, 5) is 8.74. The van der Waals surface area contributed by atoms with Crippen LogP contribution in [0.1, 0.15) is 0 Å². The minimum Gasteiger partial charge on any atom is -0.332 e. The first-order chi connectivity index (χ1) is 12.2. The van der Waals surface area contributed by atoms with E-state index in [9.17, 15) is 0 Å². The molecule has 0 saturated carbocycles. The lowest BCUT2D eigenvalue weighted by Crippen LogP contribution is -2.19. The fraction of sp³-hybridized carbons (Fsp3) is 0. The Hall–Kier alpha value is -2.57. The van der Waals surface area contributed by atoms with Crippen LogP contribution < -0.4 is 10.6 Å². The van der Waals surface area contributed by atoms with Gasteiger partial charge in [-0.15, -0.1) is 0 Å². The lowest BCUT2D eigenvalue weighted by Gasteiger charge is -2.14. The van der Waals surface area contributed by atoms with Gasteiger partial charge in [-0.1, -0.05) is 22.0 Å². The Balaban J connectivity index is 1.71. The molecule has 0 spiro atoms. The van der Waals surface area contributed by atoms with Crippen molar-refractivity contribution in [1.82, 2.24) is 9.97 Å². The molecule has 25 heavy (non-hydrogen) atoms. The molecule has 0 fully saturated rings. The molecule has 2 aromatic carbocycles. The lowest BCUT2D eigenvalue weighted by atomic mass is 10.1. The van der Waals surface area contributed by atoms with E-state index in [0.29, 0.717) is 5.11 Å². The average Bonchev–Trinajstić information content (AvgIpc) is 2.62. The highest BCUT2D eigenvalue weighted by atomic mass is 79.9. The number of benzene rings is 2. The van der Waals surface area contributed by atoms with E-state index in [-0.39, 0.29) is 0 Å². The highest BCUT2D eigenvalue weighted by molar-refractivity contribution is 9.10. The molecule has 0 bridgehead atoms. The molecule has 2 N–H and O–H groups in total. The number of hydrogen-bond acceptors (Lipinski definition) is 3. The maximum atomic E-state index is 5.48. The summed E-state index contributed by atoms with van der Waals surface area (Å²) >= 11 is 8.94. The molecule has 0 aliphatic heterocycles. The van der Waals surface area contributed by atoms with Crippen molar-refractivity contribution >= 4 is 66.3 Å². The summed E-state index contributed by atoms with van der Waals surface area (Å²) in [5, 5.41) is 10.1. The first-order valence-corrected chi connectivity index (χ1v) is 8.86. The molecular formula is C19H13BrN4S. The molecule has 0 aliphatic rings. The van der Waals surface area contributed by atoms with Gasteiger partial charge in [0.15, 0.2) is 5.11 Å². The van der Waals surface area contributed by atoms with Crippen molar-refractivity contribution in [3.05, 3.63) is 71.6 Å². The fourth-order valence-corrected chi connectivity index (χ4v) is 3.38. The van der Waals surface area contributed by atoms with Crippen LogP contribution in [0.5, 0.6) is 0 Å². The van der Waals surface area contributed by atoms with Gasteiger partial charge in [0.1, 0.15) is 0 Å². The van der Waals surface area contributed by atoms with Gasteiger partial charge in [-0.25, -0.2) is 0 Å². The van der Waals surface area contributed by atoms with E-state index in [2.05, 4.69) is 42.6 Å². The second-order valence-electron chi connectivity index (χ2n) is 5.51. The topological polar surface area (TPSA) is 49.8 Å². The molecule has 4 nitrogen and oxygen atoms in total. The number of nitrogens with one attached hydrogen (secondary N) is 2. The third-order valence-corrected chi connectivity index (χ3v) is 4.54. The number of fused-ring (bicyclic) bond motifs is 3. The number of pyridine rings is 2. The number of anilines is 2. The van der Waals surface area contributed by atoms with Crippen molar-refractivity contribution < 1.29 is 0 Å². The van der Waals surface area contributed by atoms with Crippen LogP contribution in [0, 0.1) is 0 Å². The smallest absolute Gasteiger partial charge is 0.175 e. The van der Waals surface area contributed by atoms with Crippen LogP contribution >= 0.6 is 28.1 Å². The van der Waals surface area contributed by atoms with E-state index < -0.39 is 0 Å². The van der Waals surface area contributed by atoms with Crippen LogP contribution in [0.25, 0.3) is 21.7 Å². The van der Waals surface area contributed by atoms with Crippen molar-refractivity contribution in [2.45, 2.75) is 0 Å². The Bertz CT molecular complexity index is 1100. The van der Waals surface area contributed by atoms with Gasteiger partial charge < -0.3 is 10.6 Å². The predicted molar refractivity (Wildman–Crippen MR) is 111 cm³/mol. The second kappa shape index (κ2) is 6.74. The van der Waals surface area contributed by atoms with Crippen LogP contribution in [0.4, 0.5) is 11.4 Å². The Kier molecular flexibility index (Phi) is 4.29. The van der Waals surface area contributed by atoms with E-state index in [1.165, 1.54) is 0 Å². The summed E-state index contributed by atoms with van der Waals surface area (Å²) in [5.41, 5.74) is 2.73. The minimum absolute atomic E-state index is 0.525. The molecule has 2 aromatic heterocycles. The van der Waals surface area contributed by atoms with Gasteiger partial charge >= 0.3 is 0 Å². The maximum Gasteiger partial charge on any atom is 0.175 e. The summed E-state index contributed by atoms with van der Waals surface area (Å²) in [7, 11) is 0. The zero-order chi connectivity index (χ0) is 17.2.